The molecule has 1 atom stereocenters. The first kappa shape index (κ1) is 22.8. The Kier molecular flexibility index (Phi) is 10.0. The zero-order valence-corrected chi connectivity index (χ0v) is 17.5. The zero-order valence-electron chi connectivity index (χ0n) is 16.7. The van der Waals surface area contributed by atoms with Crippen LogP contribution in [0, 0.1) is 5.92 Å². The number of benzene rings is 1. The molecule has 0 saturated carbocycles. The fourth-order valence-electron chi connectivity index (χ4n) is 3.52. The van der Waals surface area contributed by atoms with Crippen LogP contribution in [0.5, 0.6) is 5.75 Å². The molecule has 2 rings (SSSR count). The number of halogens is 1. The summed E-state index contributed by atoms with van der Waals surface area (Å²) in [5.74, 6) is 2.11. The van der Waals surface area contributed by atoms with E-state index in [1.807, 2.05) is 37.1 Å². The second-order valence-electron chi connectivity index (χ2n) is 7.37. The molecule has 26 heavy (non-hydrogen) atoms. The predicted molar refractivity (Wildman–Crippen MR) is 110 cm³/mol. The van der Waals surface area contributed by atoms with Crippen LogP contribution in [0.2, 0.25) is 0 Å². The SMILES string of the molecule is CCC(Oc1ccccc1C(C)C)C(=O)N1CCC(CCNC)CC1.Cl. The molecule has 0 aliphatic carbocycles. The highest BCUT2D eigenvalue weighted by molar-refractivity contribution is 5.85. The first-order chi connectivity index (χ1) is 12.1. The lowest BCUT2D eigenvalue weighted by molar-refractivity contribution is -0.140. The van der Waals surface area contributed by atoms with E-state index in [2.05, 4.69) is 25.2 Å². The van der Waals surface area contributed by atoms with Gasteiger partial charge in [-0.25, -0.2) is 0 Å². The van der Waals surface area contributed by atoms with E-state index in [-0.39, 0.29) is 24.4 Å². The van der Waals surface area contributed by atoms with E-state index in [1.165, 1.54) is 12.0 Å². The van der Waals surface area contributed by atoms with Crippen molar-refractivity contribution < 1.29 is 9.53 Å². The topological polar surface area (TPSA) is 41.6 Å². The summed E-state index contributed by atoms with van der Waals surface area (Å²) in [5, 5.41) is 3.22. The first-order valence-electron chi connectivity index (χ1n) is 9.75. The summed E-state index contributed by atoms with van der Waals surface area (Å²) in [6, 6.07) is 8.08. The second-order valence-corrected chi connectivity index (χ2v) is 7.37. The average Bonchev–Trinajstić information content (AvgIpc) is 2.64. The molecule has 0 spiro atoms. The quantitative estimate of drug-likeness (QED) is 0.731. The van der Waals surface area contributed by atoms with Crippen molar-refractivity contribution in [2.75, 3.05) is 26.7 Å². The molecule has 1 fully saturated rings. The van der Waals surface area contributed by atoms with E-state index in [1.54, 1.807) is 0 Å². The maximum absolute atomic E-state index is 12.9. The normalized spacial score (nSPS) is 16.3. The van der Waals surface area contributed by atoms with Crippen molar-refractivity contribution in [1.82, 2.24) is 10.2 Å². The van der Waals surface area contributed by atoms with Crippen LogP contribution in [0.4, 0.5) is 0 Å². The molecule has 148 valence electrons. The molecule has 4 nitrogen and oxygen atoms in total. The lowest BCUT2D eigenvalue weighted by atomic mass is 9.93. The number of hydrogen-bond donors (Lipinski definition) is 1. The van der Waals surface area contributed by atoms with Crippen molar-refractivity contribution in [3.63, 3.8) is 0 Å². The van der Waals surface area contributed by atoms with Crippen LogP contribution < -0.4 is 10.1 Å². The van der Waals surface area contributed by atoms with Crippen LogP contribution in [0.1, 0.15) is 57.9 Å². The highest BCUT2D eigenvalue weighted by Crippen LogP contribution is 2.28. The van der Waals surface area contributed by atoms with Crippen LogP contribution in [-0.2, 0) is 4.79 Å². The lowest BCUT2D eigenvalue weighted by Crippen LogP contribution is -2.46. The fraction of sp³-hybridized carbons (Fsp3) is 0.667. The van der Waals surface area contributed by atoms with Crippen LogP contribution >= 0.6 is 12.4 Å². The predicted octanol–water partition coefficient (Wildman–Crippen LogP) is 4.24. The molecule has 1 unspecified atom stereocenters. The molecular weight excluding hydrogens is 348 g/mol. The molecule has 1 N–H and O–H groups in total. The number of amides is 1. The number of para-hydroxylation sites is 1. The summed E-state index contributed by atoms with van der Waals surface area (Å²) < 4.78 is 6.16. The van der Waals surface area contributed by atoms with Gasteiger partial charge in [-0.05, 0) is 62.7 Å². The molecule has 0 bridgehead atoms. The number of nitrogens with zero attached hydrogens (tertiary/aromatic N) is 1. The van der Waals surface area contributed by atoms with Gasteiger partial charge in [-0.15, -0.1) is 12.4 Å². The largest absolute Gasteiger partial charge is 0.480 e. The lowest BCUT2D eigenvalue weighted by Gasteiger charge is -2.34. The van der Waals surface area contributed by atoms with Gasteiger partial charge in [-0.3, -0.25) is 4.79 Å². The van der Waals surface area contributed by atoms with E-state index in [0.717, 1.165) is 44.1 Å². The number of nitrogens with one attached hydrogen (secondary N) is 1. The Morgan fingerprint density at radius 2 is 1.92 bits per heavy atom. The summed E-state index contributed by atoms with van der Waals surface area (Å²) >= 11 is 0. The van der Waals surface area contributed by atoms with Gasteiger partial charge in [0.25, 0.3) is 5.91 Å². The maximum atomic E-state index is 12.9. The van der Waals surface area contributed by atoms with E-state index < -0.39 is 0 Å². The molecule has 1 aromatic carbocycles. The molecule has 1 aromatic rings. The standard InChI is InChI=1S/C21H34N2O2.ClH/c1-5-19(25-20-9-7-6-8-18(20)16(2)3)21(24)23-14-11-17(12-15-23)10-13-22-4;/h6-9,16-17,19,22H,5,10-15H2,1-4H3;1H. The van der Waals surface area contributed by atoms with Crippen LogP contribution in [0.25, 0.3) is 0 Å². The molecule has 1 heterocycles. The number of ether oxygens (including phenoxy) is 1. The molecule has 1 aliphatic heterocycles. The molecule has 0 radical (unpaired) electrons. The number of carbonyl (C=O) groups is 1. The Morgan fingerprint density at radius 3 is 2.50 bits per heavy atom. The fourth-order valence-corrected chi connectivity index (χ4v) is 3.52. The Bertz CT molecular complexity index is 543. The third-order valence-corrected chi connectivity index (χ3v) is 5.19. The van der Waals surface area contributed by atoms with Gasteiger partial charge < -0.3 is 15.0 Å². The van der Waals surface area contributed by atoms with E-state index >= 15 is 0 Å². The maximum Gasteiger partial charge on any atom is 0.263 e. The van der Waals surface area contributed by atoms with E-state index in [0.29, 0.717) is 12.3 Å². The first-order valence-corrected chi connectivity index (χ1v) is 9.75. The van der Waals surface area contributed by atoms with Gasteiger partial charge in [0.1, 0.15) is 5.75 Å². The number of carbonyl (C=O) groups excluding carboxylic acids is 1. The Morgan fingerprint density at radius 1 is 1.27 bits per heavy atom. The monoisotopic (exact) mass is 382 g/mol. The van der Waals surface area contributed by atoms with Crippen LogP contribution in [0.3, 0.4) is 0 Å². The van der Waals surface area contributed by atoms with Crippen molar-refractivity contribution in [3.05, 3.63) is 29.8 Å². The van der Waals surface area contributed by atoms with Crippen molar-refractivity contribution >= 4 is 18.3 Å². The summed E-state index contributed by atoms with van der Waals surface area (Å²) in [6.07, 6.45) is 3.73. The van der Waals surface area contributed by atoms with Crippen molar-refractivity contribution in [2.24, 2.45) is 5.92 Å². The summed E-state index contributed by atoms with van der Waals surface area (Å²) in [4.78, 5) is 14.9. The van der Waals surface area contributed by atoms with Gasteiger partial charge in [-0.2, -0.15) is 0 Å². The van der Waals surface area contributed by atoms with Crippen molar-refractivity contribution in [2.45, 2.75) is 58.5 Å². The molecular formula is C21H35ClN2O2. The Hall–Kier alpha value is -1.26. The van der Waals surface area contributed by atoms with Gasteiger partial charge in [0.15, 0.2) is 6.10 Å². The van der Waals surface area contributed by atoms with E-state index in [9.17, 15) is 4.79 Å². The minimum atomic E-state index is -0.381. The van der Waals surface area contributed by atoms with Gasteiger partial charge >= 0.3 is 0 Å². The molecule has 5 heteroatoms. The number of hydrogen-bond acceptors (Lipinski definition) is 3. The third-order valence-electron chi connectivity index (χ3n) is 5.19. The number of likely N-dealkylation sites (tertiary alicyclic amines) is 1. The number of piperidine rings is 1. The Balaban J connectivity index is 0.00000338. The molecule has 1 amide bonds. The highest BCUT2D eigenvalue weighted by atomic mass is 35.5. The molecule has 1 saturated heterocycles. The zero-order chi connectivity index (χ0) is 18.2. The molecule has 1 aliphatic rings. The summed E-state index contributed by atoms with van der Waals surface area (Å²) in [5.41, 5.74) is 1.17. The van der Waals surface area contributed by atoms with Crippen molar-refractivity contribution in [1.29, 1.82) is 0 Å². The minimum absolute atomic E-state index is 0. The summed E-state index contributed by atoms with van der Waals surface area (Å²) in [6.45, 7) is 9.12. The average molecular weight is 383 g/mol. The second kappa shape index (κ2) is 11.5. The van der Waals surface area contributed by atoms with Gasteiger partial charge in [0.2, 0.25) is 0 Å². The summed E-state index contributed by atoms with van der Waals surface area (Å²) in [7, 11) is 2.00. The van der Waals surface area contributed by atoms with Gasteiger partial charge in [-0.1, -0.05) is 39.0 Å². The van der Waals surface area contributed by atoms with Crippen LogP contribution in [0.15, 0.2) is 24.3 Å². The van der Waals surface area contributed by atoms with Crippen molar-refractivity contribution in [3.8, 4) is 5.75 Å². The third kappa shape index (κ3) is 6.17. The number of rotatable bonds is 8. The highest BCUT2D eigenvalue weighted by Gasteiger charge is 2.29. The van der Waals surface area contributed by atoms with Crippen LogP contribution in [-0.4, -0.2) is 43.6 Å². The van der Waals surface area contributed by atoms with E-state index in [4.69, 9.17) is 4.74 Å². The Labute approximate surface area is 165 Å². The molecule has 0 aromatic heterocycles. The van der Waals surface area contributed by atoms with Gasteiger partial charge in [0.05, 0.1) is 0 Å². The minimum Gasteiger partial charge on any atom is -0.480 e. The van der Waals surface area contributed by atoms with Gasteiger partial charge in [0, 0.05) is 13.1 Å². The smallest absolute Gasteiger partial charge is 0.263 e.